The highest BCUT2D eigenvalue weighted by atomic mass is 79.9. The van der Waals surface area contributed by atoms with Crippen LogP contribution in [0, 0.1) is 0 Å². The Hall–Kier alpha value is -0.150. The molecule has 0 saturated carbocycles. The second-order valence-corrected chi connectivity index (χ2v) is 7.38. The van der Waals surface area contributed by atoms with Gasteiger partial charge in [-0.3, -0.25) is 4.48 Å². The van der Waals surface area contributed by atoms with E-state index in [-0.39, 0.29) is 22.9 Å². The van der Waals surface area contributed by atoms with Gasteiger partial charge in [-0.2, -0.15) is 0 Å². The van der Waals surface area contributed by atoms with Crippen molar-refractivity contribution in [1.29, 1.82) is 0 Å². The number of halogens is 1. The molecule has 0 fully saturated rings. The molecule has 0 spiro atoms. The van der Waals surface area contributed by atoms with Crippen molar-refractivity contribution >= 4 is 5.91 Å². The van der Waals surface area contributed by atoms with Gasteiger partial charge in [0.25, 0.3) is 0 Å². The number of nitrogens with zero attached hydrogens (tertiary/aromatic N) is 1. The third kappa shape index (κ3) is 13.9. The van der Waals surface area contributed by atoms with Crippen molar-refractivity contribution in [3.8, 4) is 0 Å². The van der Waals surface area contributed by atoms with Crippen LogP contribution in [0.3, 0.4) is 0 Å². The Kier molecular flexibility index (Phi) is 16.8. The molecule has 0 aliphatic heterocycles. The lowest BCUT2D eigenvalue weighted by Gasteiger charge is -2.26. The Morgan fingerprint density at radius 3 is 1.48 bits per heavy atom. The summed E-state index contributed by atoms with van der Waals surface area (Å²) in [5.74, 6) is 0.170. The van der Waals surface area contributed by atoms with E-state index >= 15 is 0 Å². The molecule has 23 heavy (non-hydrogen) atoms. The number of hydrogen-bond acceptors (Lipinski definition) is 1. The van der Waals surface area contributed by atoms with E-state index in [1.807, 2.05) is 21.0 Å². The van der Waals surface area contributed by atoms with E-state index in [0.717, 1.165) is 13.0 Å². The van der Waals surface area contributed by atoms with Crippen molar-refractivity contribution in [3.63, 3.8) is 0 Å². The standard InChI is InChI=1S/C20H40NO.BrH/c1-6-7-8-9-10-11-12-13-14-15-16-17-18-21(4,5)20(22)19(2)3;/h2,6-18H2,1,3-5H3;1H/q+1;/p-1. The maximum atomic E-state index is 12.0. The molecule has 0 aromatic rings. The molecule has 0 unspecified atom stereocenters. The minimum atomic E-state index is 0. The van der Waals surface area contributed by atoms with Crippen LogP contribution < -0.4 is 17.0 Å². The quantitative estimate of drug-likeness (QED) is 0.253. The van der Waals surface area contributed by atoms with Crippen LogP contribution in [0.25, 0.3) is 0 Å². The van der Waals surface area contributed by atoms with Gasteiger partial charge < -0.3 is 17.0 Å². The number of quaternary nitrogens is 1. The fourth-order valence-corrected chi connectivity index (χ4v) is 2.97. The van der Waals surface area contributed by atoms with Gasteiger partial charge in [0, 0.05) is 5.57 Å². The Morgan fingerprint density at radius 1 is 0.783 bits per heavy atom. The fourth-order valence-electron chi connectivity index (χ4n) is 2.97. The molecule has 0 heterocycles. The number of hydrogen-bond donors (Lipinski definition) is 0. The topological polar surface area (TPSA) is 17.1 Å². The summed E-state index contributed by atoms with van der Waals surface area (Å²) in [6.45, 7) is 8.78. The van der Waals surface area contributed by atoms with Crippen LogP contribution in [0.2, 0.25) is 0 Å². The highest BCUT2D eigenvalue weighted by Crippen LogP contribution is 2.13. The SMILES string of the molecule is C=C(C)C(=O)[N+](C)(C)CCCCCCCCCCCCCC.[Br-]. The molecule has 0 aromatic heterocycles. The molecule has 0 radical (unpaired) electrons. The van der Waals surface area contributed by atoms with Gasteiger partial charge >= 0.3 is 5.91 Å². The summed E-state index contributed by atoms with van der Waals surface area (Å²) in [6, 6.07) is 0. The molecule has 3 heteroatoms. The van der Waals surface area contributed by atoms with Crippen molar-refractivity contribution in [2.75, 3.05) is 20.6 Å². The number of unbranched alkanes of at least 4 members (excludes halogenated alkanes) is 11. The zero-order valence-corrected chi connectivity index (χ0v) is 17.7. The first kappa shape index (κ1) is 25.1. The van der Waals surface area contributed by atoms with Crippen molar-refractivity contribution < 1.29 is 26.3 Å². The molecule has 0 atom stereocenters. The largest absolute Gasteiger partial charge is 1.00 e. The number of carbonyl (C=O) groups excluding carboxylic acids is 1. The summed E-state index contributed by atoms with van der Waals surface area (Å²) < 4.78 is 0.451. The summed E-state index contributed by atoms with van der Waals surface area (Å²) in [5.41, 5.74) is 0.670. The summed E-state index contributed by atoms with van der Waals surface area (Å²) in [5, 5.41) is 0. The summed E-state index contributed by atoms with van der Waals surface area (Å²) in [4.78, 5) is 12.0. The third-order valence-electron chi connectivity index (χ3n) is 4.49. The molecule has 0 N–H and O–H groups in total. The Bertz CT molecular complexity index is 313. The molecule has 2 nitrogen and oxygen atoms in total. The summed E-state index contributed by atoms with van der Waals surface area (Å²) in [7, 11) is 3.99. The van der Waals surface area contributed by atoms with E-state index in [2.05, 4.69) is 13.5 Å². The fraction of sp³-hybridized carbons (Fsp3) is 0.850. The lowest BCUT2D eigenvalue weighted by atomic mass is 10.1. The van der Waals surface area contributed by atoms with Crippen LogP contribution in [0.5, 0.6) is 0 Å². The monoisotopic (exact) mass is 389 g/mol. The van der Waals surface area contributed by atoms with Crippen LogP contribution in [0.4, 0.5) is 0 Å². The lowest BCUT2D eigenvalue weighted by Crippen LogP contribution is -3.00. The van der Waals surface area contributed by atoms with Gasteiger partial charge in [0.1, 0.15) is 0 Å². The number of amides is 1. The normalized spacial score (nSPS) is 11.1. The molecular formula is C20H40BrNO. The first-order chi connectivity index (χ1) is 10.4. The molecule has 138 valence electrons. The molecule has 0 rings (SSSR count). The van der Waals surface area contributed by atoms with Crippen LogP contribution in [0.15, 0.2) is 12.2 Å². The number of carbonyl (C=O) groups is 1. The van der Waals surface area contributed by atoms with E-state index in [0.29, 0.717) is 10.1 Å². The smallest absolute Gasteiger partial charge is 0.340 e. The Balaban J connectivity index is 0. The average molecular weight is 390 g/mol. The van der Waals surface area contributed by atoms with E-state index in [9.17, 15) is 4.79 Å². The minimum Gasteiger partial charge on any atom is -1.00 e. The molecule has 0 saturated heterocycles. The predicted molar refractivity (Wildman–Crippen MR) is 97.9 cm³/mol. The Labute approximate surface area is 156 Å². The molecule has 1 amide bonds. The van der Waals surface area contributed by atoms with Crippen molar-refractivity contribution in [2.45, 2.75) is 90.9 Å². The van der Waals surface area contributed by atoms with E-state index in [1.54, 1.807) is 0 Å². The maximum Gasteiger partial charge on any atom is 0.340 e. The van der Waals surface area contributed by atoms with E-state index in [1.165, 1.54) is 70.6 Å². The van der Waals surface area contributed by atoms with E-state index < -0.39 is 0 Å². The predicted octanol–water partition coefficient (Wildman–Crippen LogP) is 2.87. The number of rotatable bonds is 14. The minimum absolute atomic E-state index is 0. The maximum absolute atomic E-state index is 12.0. The van der Waals surface area contributed by atoms with Gasteiger partial charge in [0.15, 0.2) is 0 Å². The first-order valence-corrected chi connectivity index (χ1v) is 9.45. The highest BCUT2D eigenvalue weighted by Gasteiger charge is 2.25. The van der Waals surface area contributed by atoms with Gasteiger partial charge in [0.2, 0.25) is 0 Å². The van der Waals surface area contributed by atoms with Gasteiger partial charge in [-0.05, 0) is 19.8 Å². The van der Waals surface area contributed by atoms with Gasteiger partial charge in [0.05, 0.1) is 20.6 Å². The van der Waals surface area contributed by atoms with Crippen molar-refractivity contribution in [1.82, 2.24) is 0 Å². The molecule has 0 aliphatic carbocycles. The van der Waals surface area contributed by atoms with Crippen LogP contribution in [-0.2, 0) is 4.79 Å². The van der Waals surface area contributed by atoms with Crippen molar-refractivity contribution in [3.05, 3.63) is 12.2 Å². The molecule has 0 bridgehead atoms. The van der Waals surface area contributed by atoms with Gasteiger partial charge in [-0.25, -0.2) is 4.79 Å². The molecule has 0 aliphatic rings. The lowest BCUT2D eigenvalue weighted by molar-refractivity contribution is -0.812. The molecule has 0 aromatic carbocycles. The van der Waals surface area contributed by atoms with Crippen LogP contribution in [-0.4, -0.2) is 31.0 Å². The Morgan fingerprint density at radius 2 is 1.13 bits per heavy atom. The number of likely N-dealkylation sites (N-methyl/N-ethyl adjacent to an activating group) is 1. The second-order valence-electron chi connectivity index (χ2n) is 7.38. The molecular weight excluding hydrogens is 350 g/mol. The van der Waals surface area contributed by atoms with Gasteiger partial charge in [-0.15, -0.1) is 0 Å². The third-order valence-corrected chi connectivity index (χ3v) is 4.49. The first-order valence-electron chi connectivity index (χ1n) is 9.45. The van der Waals surface area contributed by atoms with Gasteiger partial charge in [-0.1, -0.05) is 77.7 Å². The summed E-state index contributed by atoms with van der Waals surface area (Å²) in [6.07, 6.45) is 16.3. The zero-order chi connectivity index (χ0) is 16.8. The summed E-state index contributed by atoms with van der Waals surface area (Å²) >= 11 is 0. The zero-order valence-electron chi connectivity index (χ0n) is 16.1. The van der Waals surface area contributed by atoms with Crippen LogP contribution in [0.1, 0.15) is 90.9 Å². The van der Waals surface area contributed by atoms with E-state index in [4.69, 9.17) is 0 Å². The highest BCUT2D eigenvalue weighted by molar-refractivity contribution is 5.86. The second kappa shape index (κ2) is 15.4. The average Bonchev–Trinajstić information content (AvgIpc) is 2.47. The van der Waals surface area contributed by atoms with Crippen LogP contribution >= 0.6 is 0 Å². The van der Waals surface area contributed by atoms with Crippen molar-refractivity contribution in [2.24, 2.45) is 0 Å².